The smallest absolute Gasteiger partial charge is 0.232 e. The van der Waals surface area contributed by atoms with Gasteiger partial charge in [0.05, 0.1) is 18.7 Å². The summed E-state index contributed by atoms with van der Waals surface area (Å²) in [5, 5.41) is 4.02. The number of anilines is 1. The van der Waals surface area contributed by atoms with Crippen LogP contribution in [0.3, 0.4) is 0 Å². The second kappa shape index (κ2) is 10.5. The van der Waals surface area contributed by atoms with Crippen molar-refractivity contribution in [3.05, 3.63) is 77.5 Å². The van der Waals surface area contributed by atoms with Crippen molar-refractivity contribution in [2.24, 2.45) is 0 Å². The van der Waals surface area contributed by atoms with E-state index in [1.165, 1.54) is 0 Å². The Hall–Kier alpha value is -2.44. The van der Waals surface area contributed by atoms with Crippen molar-refractivity contribution in [3.8, 4) is 5.75 Å². The molecule has 0 bridgehead atoms. The molecule has 0 aliphatic rings. The Bertz CT molecular complexity index is 967. The first-order chi connectivity index (χ1) is 14.5. The number of pyridine rings is 1. The molecule has 0 saturated heterocycles. The molecule has 2 aromatic carbocycles. The zero-order valence-corrected chi connectivity index (χ0v) is 19.3. The van der Waals surface area contributed by atoms with Crippen molar-refractivity contribution in [1.29, 1.82) is 0 Å². The van der Waals surface area contributed by atoms with Gasteiger partial charge in [-0.3, -0.25) is 4.79 Å². The van der Waals surface area contributed by atoms with Gasteiger partial charge in [-0.25, -0.2) is 4.98 Å². The van der Waals surface area contributed by atoms with Crippen LogP contribution in [0.1, 0.15) is 22.7 Å². The maximum atomic E-state index is 13.5. The fraction of sp³-hybridized carbons (Fsp3) is 0.250. The van der Waals surface area contributed by atoms with E-state index in [0.717, 1.165) is 38.2 Å². The molecule has 4 nitrogen and oxygen atoms in total. The highest BCUT2D eigenvalue weighted by Gasteiger charge is 2.24. The Morgan fingerprint density at radius 2 is 1.77 bits per heavy atom. The molecule has 1 heterocycles. The Morgan fingerprint density at radius 1 is 1.07 bits per heavy atom. The van der Waals surface area contributed by atoms with Crippen LogP contribution in [0, 0.1) is 6.92 Å². The first kappa shape index (κ1) is 22.2. The van der Waals surface area contributed by atoms with Crippen LogP contribution in [-0.4, -0.2) is 30.5 Å². The van der Waals surface area contributed by atoms with E-state index in [0.29, 0.717) is 6.42 Å². The summed E-state index contributed by atoms with van der Waals surface area (Å²) in [6.45, 7) is 1.97. The first-order valence-corrected chi connectivity index (χ1v) is 12.1. The maximum absolute atomic E-state index is 13.5. The second-order valence-corrected chi connectivity index (χ2v) is 8.50. The summed E-state index contributed by atoms with van der Waals surface area (Å²) in [4.78, 5) is 19.1. The Morgan fingerprint density at radius 3 is 2.37 bits per heavy atom. The number of methoxy groups -OCH3 is 1. The van der Waals surface area contributed by atoms with Crippen LogP contribution in [0.2, 0.25) is 0 Å². The number of carbonyl (C=O) groups excluding carboxylic acids is 1. The number of rotatable bonds is 8. The predicted molar refractivity (Wildman–Crippen MR) is 127 cm³/mol. The monoisotopic (exact) mass is 438 g/mol. The minimum atomic E-state index is -0.330. The van der Waals surface area contributed by atoms with Gasteiger partial charge in [-0.15, -0.1) is 23.5 Å². The fourth-order valence-electron chi connectivity index (χ4n) is 3.30. The zero-order valence-electron chi connectivity index (χ0n) is 17.6. The van der Waals surface area contributed by atoms with Crippen LogP contribution in [0.15, 0.2) is 70.6 Å². The summed E-state index contributed by atoms with van der Waals surface area (Å²) in [6.07, 6.45) is 4.60. The number of benzene rings is 2. The zero-order chi connectivity index (χ0) is 21.5. The van der Waals surface area contributed by atoms with Gasteiger partial charge in [0, 0.05) is 10.6 Å². The highest BCUT2D eigenvalue weighted by molar-refractivity contribution is 7.99. The van der Waals surface area contributed by atoms with Crippen molar-refractivity contribution >= 4 is 35.1 Å². The normalized spacial score (nSPS) is 11.7. The molecular formula is C24H26N2O2S2. The number of nitrogens with zero attached hydrogens (tertiary/aromatic N) is 1. The largest absolute Gasteiger partial charge is 0.497 e. The molecule has 1 amide bonds. The van der Waals surface area contributed by atoms with Gasteiger partial charge in [0.15, 0.2) is 0 Å². The molecule has 1 N–H and O–H groups in total. The number of carbonyl (C=O) groups is 1. The molecule has 3 rings (SSSR count). The van der Waals surface area contributed by atoms with Gasteiger partial charge in [-0.2, -0.15) is 0 Å². The molecule has 0 aliphatic carbocycles. The molecule has 6 heteroatoms. The van der Waals surface area contributed by atoms with E-state index < -0.39 is 0 Å². The van der Waals surface area contributed by atoms with Crippen LogP contribution < -0.4 is 10.1 Å². The summed E-state index contributed by atoms with van der Waals surface area (Å²) in [7, 11) is 1.64. The lowest BCUT2D eigenvalue weighted by molar-refractivity contribution is -0.117. The number of amides is 1. The molecule has 0 spiro atoms. The van der Waals surface area contributed by atoms with E-state index >= 15 is 0 Å². The highest BCUT2D eigenvalue weighted by Crippen LogP contribution is 2.35. The molecule has 1 unspecified atom stereocenters. The molecule has 3 aromatic rings. The van der Waals surface area contributed by atoms with Crippen molar-refractivity contribution < 1.29 is 9.53 Å². The topological polar surface area (TPSA) is 51.2 Å². The van der Waals surface area contributed by atoms with Crippen LogP contribution in [0.25, 0.3) is 0 Å². The van der Waals surface area contributed by atoms with Gasteiger partial charge < -0.3 is 10.1 Å². The van der Waals surface area contributed by atoms with Crippen LogP contribution >= 0.6 is 23.5 Å². The van der Waals surface area contributed by atoms with Gasteiger partial charge in [0.25, 0.3) is 0 Å². The second-order valence-electron chi connectivity index (χ2n) is 6.85. The quantitative estimate of drug-likeness (QED) is 0.450. The number of thioether (sulfide) groups is 2. The Balaban J connectivity index is 1.96. The maximum Gasteiger partial charge on any atom is 0.232 e. The summed E-state index contributed by atoms with van der Waals surface area (Å²) in [5.41, 5.74) is 3.80. The SMILES string of the molecule is COc1ccc(C(Cc2ccccc2)C(=O)Nc2c(SC)cc(C)nc2SC)cc1. The van der Waals surface area contributed by atoms with Gasteiger partial charge in [0.2, 0.25) is 5.91 Å². The average molecular weight is 439 g/mol. The van der Waals surface area contributed by atoms with E-state index in [9.17, 15) is 4.79 Å². The van der Waals surface area contributed by atoms with E-state index in [4.69, 9.17) is 4.74 Å². The van der Waals surface area contributed by atoms with Crippen molar-refractivity contribution in [3.63, 3.8) is 0 Å². The third-order valence-corrected chi connectivity index (χ3v) is 6.30. The van der Waals surface area contributed by atoms with Crippen LogP contribution in [-0.2, 0) is 11.2 Å². The standard InChI is InChI=1S/C24H26N2O2S2/c1-16-14-21(29-3)22(24(25-16)30-4)26-23(27)20(15-17-8-6-5-7-9-17)18-10-12-19(28-2)13-11-18/h5-14,20H,15H2,1-4H3,(H,26,27). The molecule has 156 valence electrons. The van der Waals surface area contributed by atoms with Crippen LogP contribution in [0.5, 0.6) is 5.75 Å². The summed E-state index contributed by atoms with van der Waals surface area (Å²) < 4.78 is 5.28. The number of nitrogens with one attached hydrogen (secondary N) is 1. The molecular weight excluding hydrogens is 412 g/mol. The molecule has 0 radical (unpaired) electrons. The lowest BCUT2D eigenvalue weighted by Crippen LogP contribution is -2.24. The molecule has 1 aromatic heterocycles. The molecule has 0 fully saturated rings. The van der Waals surface area contributed by atoms with E-state index in [1.54, 1.807) is 30.6 Å². The van der Waals surface area contributed by atoms with Crippen molar-refractivity contribution in [2.75, 3.05) is 24.9 Å². The lowest BCUT2D eigenvalue weighted by atomic mass is 9.91. The van der Waals surface area contributed by atoms with Crippen molar-refractivity contribution in [1.82, 2.24) is 4.98 Å². The fourth-order valence-corrected chi connectivity index (χ4v) is 4.60. The Kier molecular flexibility index (Phi) is 7.82. The third kappa shape index (κ3) is 5.37. The van der Waals surface area contributed by atoms with Gasteiger partial charge in [-0.1, -0.05) is 42.5 Å². The average Bonchev–Trinajstić information content (AvgIpc) is 2.78. The first-order valence-electron chi connectivity index (χ1n) is 9.64. The molecule has 1 atom stereocenters. The minimum Gasteiger partial charge on any atom is -0.497 e. The predicted octanol–water partition coefficient (Wildman–Crippen LogP) is 5.81. The lowest BCUT2D eigenvalue weighted by Gasteiger charge is -2.20. The molecule has 0 saturated carbocycles. The summed E-state index contributed by atoms with van der Waals surface area (Å²) >= 11 is 3.15. The van der Waals surface area contributed by atoms with Gasteiger partial charge in [-0.05, 0) is 55.2 Å². The highest BCUT2D eigenvalue weighted by atomic mass is 32.2. The Labute approximate surface area is 186 Å². The summed E-state index contributed by atoms with van der Waals surface area (Å²) in [5.74, 6) is 0.402. The van der Waals surface area contributed by atoms with Gasteiger partial charge >= 0.3 is 0 Å². The van der Waals surface area contributed by atoms with Crippen LogP contribution in [0.4, 0.5) is 5.69 Å². The number of hydrogen-bond acceptors (Lipinski definition) is 5. The number of aromatic nitrogens is 1. The number of aryl methyl sites for hydroxylation is 1. The third-order valence-electron chi connectivity index (χ3n) is 4.86. The van der Waals surface area contributed by atoms with E-state index in [-0.39, 0.29) is 11.8 Å². The minimum absolute atomic E-state index is 0.0414. The molecule has 0 aliphatic heterocycles. The molecule has 30 heavy (non-hydrogen) atoms. The van der Waals surface area contributed by atoms with Crippen molar-refractivity contribution in [2.45, 2.75) is 29.2 Å². The summed E-state index contributed by atoms with van der Waals surface area (Å²) in [6, 6.07) is 19.8. The van der Waals surface area contributed by atoms with E-state index in [2.05, 4.69) is 22.4 Å². The number of ether oxygens (including phenoxy) is 1. The number of hydrogen-bond donors (Lipinski definition) is 1. The van der Waals surface area contributed by atoms with E-state index in [1.807, 2.05) is 68.0 Å². The van der Waals surface area contributed by atoms with Gasteiger partial charge in [0.1, 0.15) is 10.8 Å².